The Morgan fingerprint density at radius 2 is 1.88 bits per heavy atom. The number of para-hydroxylation sites is 1. The van der Waals surface area contributed by atoms with Crippen molar-refractivity contribution in [2.45, 2.75) is 32.4 Å². The van der Waals surface area contributed by atoms with Gasteiger partial charge < -0.3 is 10.1 Å². The Kier molecular flexibility index (Phi) is 7.40. The van der Waals surface area contributed by atoms with Gasteiger partial charge in [0.2, 0.25) is 11.8 Å². The normalized spacial score (nSPS) is 18.4. The smallest absolute Gasteiger partial charge is 0.248 e. The third-order valence-corrected chi connectivity index (χ3v) is 6.14. The summed E-state index contributed by atoms with van der Waals surface area (Å²) in [7, 11) is 3.25. The van der Waals surface area contributed by atoms with Gasteiger partial charge in [0.25, 0.3) is 0 Å². The minimum atomic E-state index is -0.567. The van der Waals surface area contributed by atoms with Crippen LogP contribution in [0.15, 0.2) is 54.6 Å². The summed E-state index contributed by atoms with van der Waals surface area (Å²) < 4.78 is 6.01. The highest BCUT2D eigenvalue weighted by molar-refractivity contribution is 5.98. The summed E-state index contributed by atoms with van der Waals surface area (Å²) in [5.74, 6) is -0.272. The maximum atomic E-state index is 13.0. The van der Waals surface area contributed by atoms with E-state index in [2.05, 4.69) is 15.8 Å². The molecule has 178 valence electrons. The molecule has 2 atom stereocenters. The van der Waals surface area contributed by atoms with Crippen molar-refractivity contribution in [3.63, 3.8) is 0 Å². The molecule has 1 aliphatic heterocycles. The maximum Gasteiger partial charge on any atom is 0.248 e. The van der Waals surface area contributed by atoms with Crippen LogP contribution in [-0.2, 0) is 21.0 Å². The number of anilines is 1. The number of fused-ring (bicyclic) bond motifs is 1. The van der Waals surface area contributed by atoms with Gasteiger partial charge in [-0.1, -0.05) is 18.2 Å². The second kappa shape index (κ2) is 10.6. The number of ether oxygens (including phenoxy) is 1. The van der Waals surface area contributed by atoms with Crippen LogP contribution in [0.3, 0.4) is 0 Å². The molecule has 0 spiro atoms. The number of likely N-dealkylation sites (N-methyl/N-ethyl adjacent to an activating group) is 1. The van der Waals surface area contributed by atoms with E-state index in [4.69, 9.17) is 9.57 Å². The Bertz CT molecular complexity index is 1170. The first kappa shape index (κ1) is 23.7. The number of amides is 2. The summed E-state index contributed by atoms with van der Waals surface area (Å²) in [6.45, 7) is 3.14. The van der Waals surface area contributed by atoms with Crippen LogP contribution in [-0.4, -0.2) is 48.4 Å². The van der Waals surface area contributed by atoms with E-state index in [1.54, 1.807) is 12.1 Å². The molecule has 0 bridgehead atoms. The van der Waals surface area contributed by atoms with Gasteiger partial charge in [-0.25, -0.2) is 5.48 Å². The number of nitrogens with one attached hydrogen (secondary N) is 2. The lowest BCUT2D eigenvalue weighted by atomic mass is 9.88. The number of carbonyl (C=O) groups excluding carboxylic acids is 2. The van der Waals surface area contributed by atoms with Gasteiger partial charge in [-0.15, -0.1) is 0 Å². The zero-order valence-electron chi connectivity index (χ0n) is 19.7. The molecule has 2 heterocycles. The molecule has 0 unspecified atom stereocenters. The molecule has 8 nitrogen and oxygen atoms in total. The van der Waals surface area contributed by atoms with Crippen LogP contribution in [0.1, 0.15) is 24.1 Å². The van der Waals surface area contributed by atoms with E-state index < -0.39 is 12.0 Å². The summed E-state index contributed by atoms with van der Waals surface area (Å²) in [6.07, 6.45) is 1.48. The molecule has 3 aromatic rings. The third kappa shape index (κ3) is 5.35. The van der Waals surface area contributed by atoms with E-state index in [-0.39, 0.29) is 11.8 Å². The maximum absolute atomic E-state index is 13.0. The second-order valence-corrected chi connectivity index (χ2v) is 8.59. The summed E-state index contributed by atoms with van der Waals surface area (Å²) in [6, 6.07) is 16.7. The van der Waals surface area contributed by atoms with Crippen LogP contribution >= 0.6 is 0 Å². The number of rotatable bonds is 7. The fourth-order valence-electron chi connectivity index (χ4n) is 4.52. The molecule has 1 saturated heterocycles. The topological polar surface area (TPSA) is 92.8 Å². The molecule has 1 fully saturated rings. The summed E-state index contributed by atoms with van der Waals surface area (Å²) in [4.78, 5) is 36.7. The van der Waals surface area contributed by atoms with E-state index in [0.29, 0.717) is 24.5 Å². The molecule has 4 rings (SSSR count). The lowest BCUT2D eigenvalue weighted by Gasteiger charge is -2.36. The molecule has 1 aliphatic rings. The predicted octanol–water partition coefficient (Wildman–Crippen LogP) is 3.45. The predicted molar refractivity (Wildman–Crippen MR) is 130 cm³/mol. The molecule has 0 aliphatic carbocycles. The number of likely N-dealkylation sites (tertiary alicyclic amines) is 1. The number of nitrogens with zero attached hydrogens (tertiary/aromatic N) is 2. The molecule has 8 heteroatoms. The molecular weight excluding hydrogens is 432 g/mol. The van der Waals surface area contributed by atoms with Gasteiger partial charge in [-0.05, 0) is 69.8 Å². The quantitative estimate of drug-likeness (QED) is 0.523. The van der Waals surface area contributed by atoms with E-state index >= 15 is 0 Å². The van der Waals surface area contributed by atoms with Crippen molar-refractivity contribution in [1.82, 2.24) is 15.4 Å². The number of aromatic nitrogens is 1. The van der Waals surface area contributed by atoms with E-state index in [1.807, 2.05) is 61.3 Å². The molecule has 34 heavy (non-hydrogen) atoms. The third-order valence-electron chi connectivity index (χ3n) is 6.14. The molecule has 2 N–H and O–H groups in total. The molecule has 0 saturated carbocycles. The van der Waals surface area contributed by atoms with E-state index in [9.17, 15) is 9.59 Å². The van der Waals surface area contributed by atoms with Gasteiger partial charge >= 0.3 is 0 Å². The molecular formula is C26H30N4O4. The highest BCUT2D eigenvalue weighted by Crippen LogP contribution is 2.25. The van der Waals surface area contributed by atoms with Crippen molar-refractivity contribution in [3.8, 4) is 5.75 Å². The summed E-state index contributed by atoms with van der Waals surface area (Å²) >= 11 is 0. The fraction of sp³-hybridized carbons (Fsp3) is 0.346. The Morgan fingerprint density at radius 3 is 2.65 bits per heavy atom. The van der Waals surface area contributed by atoms with Crippen molar-refractivity contribution < 1.29 is 19.2 Å². The van der Waals surface area contributed by atoms with Crippen LogP contribution in [0.2, 0.25) is 0 Å². The Labute approximate surface area is 199 Å². The van der Waals surface area contributed by atoms with Crippen molar-refractivity contribution >= 4 is 28.4 Å². The van der Waals surface area contributed by atoms with Crippen molar-refractivity contribution in [3.05, 3.63) is 65.9 Å². The number of hydrogen-bond donors (Lipinski definition) is 2. The first-order valence-electron chi connectivity index (χ1n) is 11.4. The SMILES string of the molecule is CONC(=O)[C@H]1CCCN(C)[C@@H]1C(=O)Nc1ccc(OCc2cc(C)nc3ccccc23)cc1. The minimum Gasteiger partial charge on any atom is -0.489 e. The zero-order valence-corrected chi connectivity index (χ0v) is 19.7. The van der Waals surface area contributed by atoms with E-state index in [1.165, 1.54) is 7.11 Å². The van der Waals surface area contributed by atoms with Crippen molar-refractivity contribution in [1.29, 1.82) is 0 Å². The number of aryl methyl sites for hydroxylation is 1. The molecule has 0 radical (unpaired) electrons. The fourth-order valence-corrected chi connectivity index (χ4v) is 4.52. The molecule has 1 aromatic heterocycles. The van der Waals surface area contributed by atoms with Crippen LogP contribution in [0.4, 0.5) is 5.69 Å². The number of carbonyl (C=O) groups is 2. The lowest BCUT2D eigenvalue weighted by Crippen LogP contribution is -2.54. The Morgan fingerprint density at radius 1 is 1.12 bits per heavy atom. The highest BCUT2D eigenvalue weighted by Gasteiger charge is 2.39. The van der Waals surface area contributed by atoms with Crippen molar-refractivity contribution in [2.24, 2.45) is 5.92 Å². The monoisotopic (exact) mass is 462 g/mol. The van der Waals surface area contributed by atoms with Crippen LogP contribution < -0.4 is 15.5 Å². The van der Waals surface area contributed by atoms with Crippen LogP contribution in [0, 0.1) is 12.8 Å². The number of benzene rings is 2. The highest BCUT2D eigenvalue weighted by atomic mass is 16.6. The molecule has 2 amide bonds. The standard InChI is InChI=1S/C26H30N4O4/c1-17-15-18(21-7-4-5-9-23(21)27-17)16-34-20-12-10-19(11-13-20)28-26(32)24-22(25(31)29-33-3)8-6-14-30(24)2/h4-5,7,9-13,15,22,24H,6,8,14,16H2,1-3H3,(H,28,32)(H,29,31)/t22-,24-/m0/s1. The number of pyridine rings is 1. The Hall–Kier alpha value is -3.49. The summed E-state index contributed by atoms with van der Waals surface area (Å²) in [5.41, 5.74) is 5.98. The molecule has 2 aromatic carbocycles. The number of hydrogen-bond acceptors (Lipinski definition) is 6. The first-order valence-corrected chi connectivity index (χ1v) is 11.4. The van der Waals surface area contributed by atoms with Gasteiger partial charge in [-0.3, -0.25) is 24.3 Å². The van der Waals surface area contributed by atoms with Gasteiger partial charge in [0.15, 0.2) is 0 Å². The van der Waals surface area contributed by atoms with Crippen LogP contribution in [0.5, 0.6) is 5.75 Å². The zero-order chi connectivity index (χ0) is 24.1. The van der Waals surface area contributed by atoms with Crippen LogP contribution in [0.25, 0.3) is 10.9 Å². The van der Waals surface area contributed by atoms with Gasteiger partial charge in [-0.2, -0.15) is 0 Å². The average molecular weight is 463 g/mol. The Balaban J connectivity index is 1.41. The minimum absolute atomic E-state index is 0.217. The van der Waals surface area contributed by atoms with Crippen molar-refractivity contribution in [2.75, 3.05) is 26.0 Å². The van der Waals surface area contributed by atoms with Gasteiger partial charge in [0, 0.05) is 22.3 Å². The average Bonchev–Trinajstić information content (AvgIpc) is 2.83. The van der Waals surface area contributed by atoms with E-state index in [0.717, 1.165) is 35.1 Å². The largest absolute Gasteiger partial charge is 0.489 e. The number of hydroxylamine groups is 1. The number of piperidine rings is 1. The first-order chi connectivity index (χ1) is 16.5. The van der Waals surface area contributed by atoms with Gasteiger partial charge in [0.05, 0.1) is 18.5 Å². The summed E-state index contributed by atoms with van der Waals surface area (Å²) in [5, 5.41) is 4.01. The van der Waals surface area contributed by atoms with Gasteiger partial charge in [0.1, 0.15) is 18.4 Å². The second-order valence-electron chi connectivity index (χ2n) is 8.59. The lowest BCUT2D eigenvalue weighted by molar-refractivity contribution is -0.143.